The molecule has 0 radical (unpaired) electrons. The Labute approximate surface area is 327 Å². The standard InChI is InChI=1S/C40H36O18/c1-53-17-10-20(42)30-27(11-17)56-38(15-6-23(45)34(49)24(46)7-15)36(51)32(30)31-26(54-2)13-19(41)18-12-29(57-40(52)16-8-25(47)35(50)28(9-16)55-3)37(58-39(18)31)14-4-21(43)33(48)22(44)5-14/h4-11,13,29,32,36-38,41-51H,12H2,1-3H3/t29-,32-,36-,37-,38-/m1/s1. The topological polar surface area (TPSA) is 295 Å². The van der Waals surface area contributed by atoms with E-state index in [1.165, 1.54) is 39.5 Å². The van der Waals surface area contributed by atoms with Crippen LogP contribution in [0.4, 0.5) is 0 Å². The molecule has 2 aliphatic rings. The van der Waals surface area contributed by atoms with Crippen LogP contribution in [0.25, 0.3) is 0 Å². The van der Waals surface area contributed by atoms with Gasteiger partial charge in [-0.2, -0.15) is 0 Å². The van der Waals surface area contributed by atoms with Crippen LogP contribution < -0.4 is 23.7 Å². The number of methoxy groups -OCH3 is 3. The first-order chi connectivity index (χ1) is 27.6. The SMILES string of the molecule is COc1cc(O)c2c(c1)O[C@H](c1cc(O)c(O)c(O)c1)[C@H](O)[C@H]2c1c(OC)cc(O)c2c1O[C@H](c1cc(O)c(O)c(O)c1)[C@H](OC(=O)c1cc(O)c(O)c(OC)c1)C2. The van der Waals surface area contributed by atoms with E-state index in [4.69, 9.17) is 28.4 Å². The summed E-state index contributed by atoms with van der Waals surface area (Å²) in [5.74, 6) is -9.93. The summed E-state index contributed by atoms with van der Waals surface area (Å²) in [6, 6.07) is 10.00. The van der Waals surface area contributed by atoms with Crippen molar-refractivity contribution < 1.29 is 89.4 Å². The Hall–Kier alpha value is -7.47. The molecule has 7 rings (SSSR count). The number of esters is 1. The number of benzene rings is 5. The fourth-order valence-electron chi connectivity index (χ4n) is 7.27. The molecule has 18 heteroatoms. The predicted molar refractivity (Wildman–Crippen MR) is 196 cm³/mol. The molecule has 5 atom stereocenters. The molecular formula is C40H36O18. The first kappa shape index (κ1) is 38.8. The summed E-state index contributed by atoms with van der Waals surface area (Å²) < 4.78 is 34.7. The van der Waals surface area contributed by atoms with Gasteiger partial charge in [0.05, 0.1) is 32.8 Å². The highest BCUT2D eigenvalue weighted by Crippen LogP contribution is 2.58. The molecule has 304 valence electrons. The summed E-state index contributed by atoms with van der Waals surface area (Å²) in [4.78, 5) is 13.6. The second-order valence-corrected chi connectivity index (χ2v) is 13.4. The van der Waals surface area contributed by atoms with Crippen LogP contribution in [0.5, 0.6) is 86.2 Å². The Morgan fingerprint density at radius 2 is 1.16 bits per heavy atom. The lowest BCUT2D eigenvalue weighted by molar-refractivity contribution is -0.0211. The van der Waals surface area contributed by atoms with E-state index in [9.17, 15) is 61.0 Å². The van der Waals surface area contributed by atoms with Crippen LogP contribution in [-0.2, 0) is 11.2 Å². The van der Waals surface area contributed by atoms with Crippen LogP contribution in [0, 0.1) is 0 Å². The Bertz CT molecular complexity index is 2420. The zero-order chi connectivity index (χ0) is 41.9. The van der Waals surface area contributed by atoms with Crippen molar-refractivity contribution in [3.63, 3.8) is 0 Å². The highest BCUT2D eigenvalue weighted by Gasteiger charge is 2.47. The number of aromatic hydroxyl groups is 10. The van der Waals surface area contributed by atoms with Gasteiger partial charge in [-0.15, -0.1) is 0 Å². The fourth-order valence-corrected chi connectivity index (χ4v) is 7.27. The summed E-state index contributed by atoms with van der Waals surface area (Å²) in [5, 5.41) is 118. The molecule has 5 aromatic carbocycles. The number of aliphatic hydroxyl groups is 1. The molecule has 18 nitrogen and oxygen atoms in total. The van der Waals surface area contributed by atoms with Crippen LogP contribution in [0.1, 0.15) is 56.3 Å². The van der Waals surface area contributed by atoms with E-state index in [2.05, 4.69) is 0 Å². The molecule has 0 aromatic heterocycles. The van der Waals surface area contributed by atoms with Crippen molar-refractivity contribution in [3.05, 3.63) is 88.0 Å². The van der Waals surface area contributed by atoms with Crippen LogP contribution in [0.15, 0.2) is 54.6 Å². The lowest BCUT2D eigenvalue weighted by Crippen LogP contribution is -2.38. The number of hydrogen-bond donors (Lipinski definition) is 11. The van der Waals surface area contributed by atoms with Crippen molar-refractivity contribution in [2.45, 2.75) is 36.8 Å². The third-order valence-corrected chi connectivity index (χ3v) is 10.0. The van der Waals surface area contributed by atoms with Crippen LogP contribution >= 0.6 is 0 Å². The zero-order valence-corrected chi connectivity index (χ0v) is 30.6. The fraction of sp³-hybridized carbons (Fsp3) is 0.225. The van der Waals surface area contributed by atoms with Gasteiger partial charge in [-0.3, -0.25) is 0 Å². The van der Waals surface area contributed by atoms with Crippen LogP contribution in [-0.4, -0.2) is 95.7 Å². The third kappa shape index (κ3) is 6.43. The van der Waals surface area contributed by atoms with Crippen LogP contribution in [0.2, 0.25) is 0 Å². The van der Waals surface area contributed by atoms with Crippen molar-refractivity contribution in [1.29, 1.82) is 0 Å². The first-order valence-electron chi connectivity index (χ1n) is 17.2. The van der Waals surface area contributed by atoms with Crippen molar-refractivity contribution in [2.75, 3.05) is 21.3 Å². The molecule has 0 saturated heterocycles. The molecule has 0 amide bonds. The highest BCUT2D eigenvalue weighted by molar-refractivity contribution is 5.91. The number of phenolic OH excluding ortho intramolecular Hbond substituents is 10. The Morgan fingerprint density at radius 3 is 1.72 bits per heavy atom. The minimum atomic E-state index is -1.74. The monoisotopic (exact) mass is 804 g/mol. The molecule has 58 heavy (non-hydrogen) atoms. The van der Waals surface area contributed by atoms with Crippen LogP contribution in [0.3, 0.4) is 0 Å². The zero-order valence-electron chi connectivity index (χ0n) is 30.6. The molecule has 11 N–H and O–H groups in total. The quantitative estimate of drug-likeness (QED) is 0.0770. The number of aliphatic hydroxyl groups excluding tert-OH is 1. The first-order valence-corrected chi connectivity index (χ1v) is 17.2. The number of carbonyl (C=O) groups excluding carboxylic acids is 1. The maximum absolute atomic E-state index is 13.6. The van der Waals surface area contributed by atoms with Crippen molar-refractivity contribution >= 4 is 5.97 Å². The molecule has 0 fully saturated rings. The van der Waals surface area contributed by atoms with Gasteiger partial charge in [-0.1, -0.05) is 0 Å². The smallest absolute Gasteiger partial charge is 0.338 e. The number of ether oxygens (including phenoxy) is 6. The second-order valence-electron chi connectivity index (χ2n) is 13.4. The van der Waals surface area contributed by atoms with Gasteiger partial charge < -0.3 is 84.6 Å². The molecule has 0 aliphatic carbocycles. The molecular weight excluding hydrogens is 768 g/mol. The summed E-state index contributed by atoms with van der Waals surface area (Å²) >= 11 is 0. The van der Waals surface area contributed by atoms with E-state index < -0.39 is 93.8 Å². The molecule has 0 bridgehead atoms. The summed E-state index contributed by atoms with van der Waals surface area (Å²) in [5.41, 5.74) is -0.435. The van der Waals surface area contributed by atoms with Gasteiger partial charge in [0, 0.05) is 52.4 Å². The average Bonchev–Trinajstić information content (AvgIpc) is 3.19. The van der Waals surface area contributed by atoms with E-state index in [1.807, 2.05) is 0 Å². The molecule has 0 saturated carbocycles. The third-order valence-electron chi connectivity index (χ3n) is 10.0. The second kappa shape index (κ2) is 14.6. The number of rotatable bonds is 8. The summed E-state index contributed by atoms with van der Waals surface area (Å²) in [6.07, 6.45) is -6.48. The Morgan fingerprint density at radius 1 is 0.586 bits per heavy atom. The normalized spacial score (nSPS) is 19.5. The molecule has 0 spiro atoms. The van der Waals surface area contributed by atoms with Crippen molar-refractivity contribution in [3.8, 4) is 86.2 Å². The van der Waals surface area contributed by atoms with E-state index in [-0.39, 0.29) is 68.5 Å². The number of carbonyl (C=O) groups is 1. The maximum Gasteiger partial charge on any atom is 0.338 e. The lowest BCUT2D eigenvalue weighted by Gasteiger charge is -2.41. The predicted octanol–water partition coefficient (Wildman–Crippen LogP) is 4.30. The lowest BCUT2D eigenvalue weighted by atomic mass is 9.77. The van der Waals surface area contributed by atoms with Gasteiger partial charge in [-0.25, -0.2) is 4.79 Å². The number of fused-ring (bicyclic) bond motifs is 2. The Kier molecular flexibility index (Phi) is 9.73. The van der Waals surface area contributed by atoms with Crippen molar-refractivity contribution in [1.82, 2.24) is 0 Å². The largest absolute Gasteiger partial charge is 0.507 e. The Balaban J connectivity index is 1.43. The molecule has 2 aliphatic heterocycles. The van der Waals surface area contributed by atoms with Gasteiger partial charge in [0.15, 0.2) is 58.2 Å². The highest BCUT2D eigenvalue weighted by atomic mass is 16.6. The van der Waals surface area contributed by atoms with Gasteiger partial charge in [0.2, 0.25) is 5.75 Å². The molecule has 5 aromatic rings. The van der Waals surface area contributed by atoms with E-state index in [1.54, 1.807) is 0 Å². The van der Waals surface area contributed by atoms with Gasteiger partial charge in [0.25, 0.3) is 0 Å². The number of phenols is 10. The van der Waals surface area contributed by atoms with E-state index >= 15 is 0 Å². The van der Waals surface area contributed by atoms with E-state index in [0.29, 0.717) is 0 Å². The molecule has 2 heterocycles. The van der Waals surface area contributed by atoms with Crippen molar-refractivity contribution in [2.24, 2.45) is 0 Å². The number of hydrogen-bond acceptors (Lipinski definition) is 18. The van der Waals surface area contributed by atoms with Gasteiger partial charge >= 0.3 is 5.97 Å². The van der Waals surface area contributed by atoms with Gasteiger partial charge in [-0.05, 0) is 36.4 Å². The maximum atomic E-state index is 13.6. The summed E-state index contributed by atoms with van der Waals surface area (Å²) in [7, 11) is 3.77. The van der Waals surface area contributed by atoms with Gasteiger partial charge in [0.1, 0.15) is 46.7 Å². The minimum absolute atomic E-state index is 0.0137. The van der Waals surface area contributed by atoms with E-state index in [0.717, 1.165) is 36.4 Å². The average molecular weight is 805 g/mol. The summed E-state index contributed by atoms with van der Waals surface area (Å²) in [6.45, 7) is 0. The minimum Gasteiger partial charge on any atom is -0.507 e. The molecule has 0 unspecified atom stereocenters.